The van der Waals surface area contributed by atoms with Crippen molar-refractivity contribution in [2.75, 3.05) is 19.8 Å². The van der Waals surface area contributed by atoms with Gasteiger partial charge in [0.05, 0.1) is 19.3 Å². The second-order valence-corrected chi connectivity index (χ2v) is 3.30. The van der Waals surface area contributed by atoms with E-state index in [9.17, 15) is 4.79 Å². The second-order valence-electron chi connectivity index (χ2n) is 3.30. The van der Waals surface area contributed by atoms with Crippen LogP contribution in [0.2, 0.25) is 0 Å². The van der Waals surface area contributed by atoms with Crippen molar-refractivity contribution in [2.24, 2.45) is 5.73 Å². The summed E-state index contributed by atoms with van der Waals surface area (Å²) in [6, 6.07) is 0. The molecule has 0 heterocycles. The van der Waals surface area contributed by atoms with Crippen LogP contribution in [-0.2, 0) is 14.3 Å². The zero-order valence-corrected chi connectivity index (χ0v) is 9.12. The van der Waals surface area contributed by atoms with Crippen LogP contribution < -0.4 is 5.73 Å². The average molecular weight is 203 g/mol. The summed E-state index contributed by atoms with van der Waals surface area (Å²) in [6.45, 7) is 5.98. The zero-order chi connectivity index (χ0) is 10.8. The van der Waals surface area contributed by atoms with Crippen LogP contribution in [0.5, 0.6) is 0 Å². The number of amides is 1. The van der Waals surface area contributed by atoms with Crippen LogP contribution in [-0.4, -0.2) is 31.8 Å². The summed E-state index contributed by atoms with van der Waals surface area (Å²) >= 11 is 0. The Hall–Kier alpha value is -0.610. The molecule has 1 amide bonds. The molecule has 0 aromatic rings. The Morgan fingerprint density at radius 2 is 2.07 bits per heavy atom. The number of ether oxygens (including phenoxy) is 2. The Balaban J connectivity index is 3.18. The molecule has 0 aliphatic heterocycles. The fourth-order valence-corrected chi connectivity index (χ4v) is 0.983. The minimum atomic E-state index is -0.275. The normalized spacial score (nSPS) is 12.7. The van der Waals surface area contributed by atoms with Crippen LogP contribution in [0, 0.1) is 0 Å². The van der Waals surface area contributed by atoms with Gasteiger partial charge < -0.3 is 15.2 Å². The van der Waals surface area contributed by atoms with Crippen molar-refractivity contribution in [1.82, 2.24) is 0 Å². The first-order valence-electron chi connectivity index (χ1n) is 5.14. The maximum absolute atomic E-state index is 10.5. The number of primary amides is 1. The van der Waals surface area contributed by atoms with Gasteiger partial charge in [0.2, 0.25) is 5.91 Å². The molecule has 0 aliphatic carbocycles. The van der Waals surface area contributed by atoms with E-state index < -0.39 is 0 Å². The standard InChI is InChI=1S/C10H21NO3/c1-3-6-13-7-8-14-9(2)4-5-10(11)12/h9H,3-8H2,1-2H3,(H2,11,12). The van der Waals surface area contributed by atoms with E-state index in [2.05, 4.69) is 6.92 Å². The van der Waals surface area contributed by atoms with E-state index in [1.165, 1.54) is 0 Å². The molecule has 1 unspecified atom stereocenters. The molecule has 4 nitrogen and oxygen atoms in total. The van der Waals surface area contributed by atoms with Gasteiger partial charge in [-0.3, -0.25) is 4.79 Å². The third kappa shape index (κ3) is 9.48. The molecule has 0 radical (unpaired) electrons. The van der Waals surface area contributed by atoms with Crippen LogP contribution in [0.15, 0.2) is 0 Å². The molecular formula is C10H21NO3. The highest BCUT2D eigenvalue weighted by molar-refractivity contribution is 5.73. The molecule has 0 bridgehead atoms. The molecule has 0 spiro atoms. The van der Waals surface area contributed by atoms with Gasteiger partial charge in [-0.05, 0) is 19.8 Å². The summed E-state index contributed by atoms with van der Waals surface area (Å²) < 4.78 is 10.6. The topological polar surface area (TPSA) is 61.6 Å². The number of carbonyl (C=O) groups is 1. The van der Waals surface area contributed by atoms with Crippen molar-refractivity contribution in [2.45, 2.75) is 39.2 Å². The second kappa shape index (κ2) is 8.97. The number of hydrogen-bond donors (Lipinski definition) is 1. The highest BCUT2D eigenvalue weighted by Crippen LogP contribution is 2.00. The number of nitrogens with two attached hydrogens (primary N) is 1. The molecular weight excluding hydrogens is 182 g/mol. The van der Waals surface area contributed by atoms with Gasteiger partial charge in [0.15, 0.2) is 0 Å². The first-order valence-corrected chi connectivity index (χ1v) is 5.14. The van der Waals surface area contributed by atoms with Crippen LogP contribution in [0.3, 0.4) is 0 Å². The van der Waals surface area contributed by atoms with Crippen molar-refractivity contribution in [3.05, 3.63) is 0 Å². The minimum absolute atomic E-state index is 0.0766. The molecule has 0 fully saturated rings. The van der Waals surface area contributed by atoms with Gasteiger partial charge in [-0.25, -0.2) is 0 Å². The van der Waals surface area contributed by atoms with E-state index >= 15 is 0 Å². The van der Waals surface area contributed by atoms with E-state index in [4.69, 9.17) is 15.2 Å². The maximum Gasteiger partial charge on any atom is 0.217 e. The van der Waals surface area contributed by atoms with Crippen LogP contribution in [0.1, 0.15) is 33.1 Å². The lowest BCUT2D eigenvalue weighted by molar-refractivity contribution is -0.118. The zero-order valence-electron chi connectivity index (χ0n) is 9.12. The van der Waals surface area contributed by atoms with Crippen molar-refractivity contribution < 1.29 is 14.3 Å². The molecule has 2 N–H and O–H groups in total. The Labute approximate surface area is 85.8 Å². The number of hydrogen-bond acceptors (Lipinski definition) is 3. The Kier molecular flexibility index (Phi) is 8.57. The minimum Gasteiger partial charge on any atom is -0.379 e. The first kappa shape index (κ1) is 13.4. The fraction of sp³-hybridized carbons (Fsp3) is 0.900. The molecule has 0 aromatic carbocycles. The third-order valence-electron chi connectivity index (χ3n) is 1.78. The average Bonchev–Trinajstić information content (AvgIpc) is 2.14. The van der Waals surface area contributed by atoms with Gasteiger partial charge in [-0.1, -0.05) is 6.92 Å². The summed E-state index contributed by atoms with van der Waals surface area (Å²) in [5.74, 6) is -0.275. The Morgan fingerprint density at radius 3 is 2.64 bits per heavy atom. The Bertz CT molecular complexity index is 150. The van der Waals surface area contributed by atoms with Gasteiger partial charge in [0, 0.05) is 13.0 Å². The molecule has 84 valence electrons. The van der Waals surface area contributed by atoms with Gasteiger partial charge in [0.1, 0.15) is 0 Å². The molecule has 0 rings (SSSR count). The summed E-state index contributed by atoms with van der Waals surface area (Å²) in [5, 5.41) is 0. The number of rotatable bonds is 9. The molecule has 14 heavy (non-hydrogen) atoms. The summed E-state index contributed by atoms with van der Waals surface area (Å²) in [6.07, 6.45) is 2.17. The summed E-state index contributed by atoms with van der Waals surface area (Å²) in [7, 11) is 0. The van der Waals surface area contributed by atoms with E-state index in [-0.39, 0.29) is 12.0 Å². The molecule has 1 atom stereocenters. The molecule has 0 saturated heterocycles. The highest BCUT2D eigenvalue weighted by Gasteiger charge is 2.03. The highest BCUT2D eigenvalue weighted by atomic mass is 16.5. The largest absolute Gasteiger partial charge is 0.379 e. The lowest BCUT2D eigenvalue weighted by atomic mass is 10.2. The molecule has 0 aromatic heterocycles. The third-order valence-corrected chi connectivity index (χ3v) is 1.78. The lowest BCUT2D eigenvalue weighted by Crippen LogP contribution is -2.17. The van der Waals surface area contributed by atoms with Crippen LogP contribution >= 0.6 is 0 Å². The van der Waals surface area contributed by atoms with Crippen molar-refractivity contribution >= 4 is 5.91 Å². The summed E-state index contributed by atoms with van der Waals surface area (Å²) in [4.78, 5) is 10.5. The monoisotopic (exact) mass is 203 g/mol. The van der Waals surface area contributed by atoms with Crippen LogP contribution in [0.4, 0.5) is 0 Å². The lowest BCUT2D eigenvalue weighted by Gasteiger charge is -2.11. The van der Waals surface area contributed by atoms with Gasteiger partial charge in [-0.15, -0.1) is 0 Å². The predicted molar refractivity (Wildman–Crippen MR) is 55.0 cm³/mol. The van der Waals surface area contributed by atoms with E-state index in [0.717, 1.165) is 13.0 Å². The summed E-state index contributed by atoms with van der Waals surface area (Å²) in [5.41, 5.74) is 5.02. The smallest absolute Gasteiger partial charge is 0.217 e. The molecule has 0 saturated carbocycles. The van der Waals surface area contributed by atoms with E-state index in [0.29, 0.717) is 26.1 Å². The predicted octanol–water partition coefficient (Wildman–Crippen LogP) is 1.08. The first-order chi connectivity index (χ1) is 6.66. The quantitative estimate of drug-likeness (QED) is 0.570. The van der Waals surface area contributed by atoms with Gasteiger partial charge >= 0.3 is 0 Å². The van der Waals surface area contributed by atoms with E-state index in [1.807, 2.05) is 6.92 Å². The van der Waals surface area contributed by atoms with Gasteiger partial charge in [-0.2, -0.15) is 0 Å². The SMILES string of the molecule is CCCOCCOC(C)CCC(N)=O. The van der Waals surface area contributed by atoms with Crippen LogP contribution in [0.25, 0.3) is 0 Å². The van der Waals surface area contributed by atoms with Crippen molar-refractivity contribution in [3.8, 4) is 0 Å². The van der Waals surface area contributed by atoms with Crippen molar-refractivity contribution in [3.63, 3.8) is 0 Å². The van der Waals surface area contributed by atoms with E-state index in [1.54, 1.807) is 0 Å². The van der Waals surface area contributed by atoms with Crippen molar-refractivity contribution in [1.29, 1.82) is 0 Å². The molecule has 0 aliphatic rings. The Morgan fingerprint density at radius 1 is 1.36 bits per heavy atom. The molecule has 4 heteroatoms. The number of carbonyl (C=O) groups excluding carboxylic acids is 1. The maximum atomic E-state index is 10.5. The van der Waals surface area contributed by atoms with Gasteiger partial charge in [0.25, 0.3) is 0 Å². The fourth-order valence-electron chi connectivity index (χ4n) is 0.983.